The van der Waals surface area contributed by atoms with Crippen LogP contribution < -0.4 is 0 Å². The van der Waals surface area contributed by atoms with Crippen LogP contribution in [0.25, 0.3) is 0 Å². The SMILES string of the molecule is CCCCCCC(CCOC)CCOC(=O)c1cccc(C(=O)OCCCC)n1. The monoisotopic (exact) mass is 407 g/mol. The lowest BCUT2D eigenvalue weighted by Crippen LogP contribution is -2.15. The summed E-state index contributed by atoms with van der Waals surface area (Å²) in [4.78, 5) is 28.4. The summed E-state index contributed by atoms with van der Waals surface area (Å²) >= 11 is 0. The second-order valence-corrected chi connectivity index (χ2v) is 7.32. The van der Waals surface area contributed by atoms with E-state index >= 15 is 0 Å². The average Bonchev–Trinajstić information content (AvgIpc) is 2.74. The van der Waals surface area contributed by atoms with Crippen molar-refractivity contribution in [1.82, 2.24) is 4.98 Å². The molecule has 0 aliphatic carbocycles. The molecule has 0 N–H and O–H groups in total. The van der Waals surface area contributed by atoms with Gasteiger partial charge in [0.2, 0.25) is 0 Å². The van der Waals surface area contributed by atoms with E-state index in [1.54, 1.807) is 25.3 Å². The maximum atomic E-state index is 12.3. The van der Waals surface area contributed by atoms with Crippen molar-refractivity contribution in [3.63, 3.8) is 0 Å². The third-order valence-electron chi connectivity index (χ3n) is 4.85. The highest BCUT2D eigenvalue weighted by Crippen LogP contribution is 2.18. The van der Waals surface area contributed by atoms with Crippen molar-refractivity contribution in [2.45, 2.75) is 71.6 Å². The van der Waals surface area contributed by atoms with Gasteiger partial charge in [-0.1, -0.05) is 58.4 Å². The number of methoxy groups -OCH3 is 1. The fourth-order valence-corrected chi connectivity index (χ4v) is 3.01. The summed E-state index contributed by atoms with van der Waals surface area (Å²) in [6.45, 7) is 5.64. The highest BCUT2D eigenvalue weighted by molar-refractivity contribution is 5.91. The Hall–Kier alpha value is -1.95. The predicted molar refractivity (Wildman–Crippen MR) is 113 cm³/mol. The normalized spacial score (nSPS) is 11.8. The van der Waals surface area contributed by atoms with E-state index in [0.717, 1.165) is 38.7 Å². The first-order valence-electron chi connectivity index (χ1n) is 10.9. The summed E-state index contributed by atoms with van der Waals surface area (Å²) in [5, 5.41) is 0. The molecule has 29 heavy (non-hydrogen) atoms. The lowest BCUT2D eigenvalue weighted by atomic mass is 9.95. The van der Waals surface area contributed by atoms with Gasteiger partial charge in [-0.25, -0.2) is 14.6 Å². The van der Waals surface area contributed by atoms with Gasteiger partial charge in [0, 0.05) is 13.7 Å². The second kappa shape index (κ2) is 15.9. The molecule has 0 aliphatic heterocycles. The molecule has 6 nitrogen and oxygen atoms in total. The molecule has 0 saturated carbocycles. The maximum Gasteiger partial charge on any atom is 0.356 e. The number of ether oxygens (including phenoxy) is 3. The smallest absolute Gasteiger partial charge is 0.356 e. The summed E-state index contributed by atoms with van der Waals surface area (Å²) < 4.78 is 15.8. The van der Waals surface area contributed by atoms with E-state index in [4.69, 9.17) is 14.2 Å². The van der Waals surface area contributed by atoms with Gasteiger partial charge in [0.15, 0.2) is 0 Å². The van der Waals surface area contributed by atoms with Gasteiger partial charge in [0.25, 0.3) is 0 Å². The van der Waals surface area contributed by atoms with Crippen LogP contribution in [0, 0.1) is 5.92 Å². The van der Waals surface area contributed by atoms with E-state index in [9.17, 15) is 9.59 Å². The van der Waals surface area contributed by atoms with Crippen LogP contribution in [-0.2, 0) is 14.2 Å². The highest BCUT2D eigenvalue weighted by Gasteiger charge is 2.15. The van der Waals surface area contributed by atoms with E-state index in [-0.39, 0.29) is 11.4 Å². The molecular formula is C23H37NO5. The minimum absolute atomic E-state index is 0.129. The molecule has 164 valence electrons. The quantitative estimate of drug-likeness (QED) is 0.277. The molecule has 0 aromatic carbocycles. The molecule has 1 rings (SSSR count). The van der Waals surface area contributed by atoms with Gasteiger partial charge < -0.3 is 14.2 Å². The number of unbranched alkanes of at least 4 members (excludes halogenated alkanes) is 4. The maximum absolute atomic E-state index is 12.3. The number of hydrogen-bond acceptors (Lipinski definition) is 6. The van der Waals surface area contributed by atoms with Crippen molar-refractivity contribution in [3.05, 3.63) is 29.6 Å². The molecule has 0 radical (unpaired) electrons. The van der Waals surface area contributed by atoms with Crippen LogP contribution in [0.5, 0.6) is 0 Å². The van der Waals surface area contributed by atoms with Crippen molar-refractivity contribution in [3.8, 4) is 0 Å². The van der Waals surface area contributed by atoms with Crippen molar-refractivity contribution in [1.29, 1.82) is 0 Å². The Kier molecular flexibility index (Phi) is 13.8. The Balaban J connectivity index is 2.48. The zero-order chi connectivity index (χ0) is 21.3. The first-order chi connectivity index (χ1) is 14.1. The molecule has 0 aliphatic rings. The molecule has 0 fully saturated rings. The number of carbonyl (C=O) groups excluding carboxylic acids is 2. The fraction of sp³-hybridized carbons (Fsp3) is 0.696. The number of rotatable bonds is 16. The summed E-state index contributed by atoms with van der Waals surface area (Å²) in [6.07, 6.45) is 9.56. The lowest BCUT2D eigenvalue weighted by Gasteiger charge is -2.16. The molecule has 6 heteroatoms. The third kappa shape index (κ3) is 11.0. The lowest BCUT2D eigenvalue weighted by molar-refractivity contribution is 0.0463. The summed E-state index contributed by atoms with van der Waals surface area (Å²) in [6, 6.07) is 4.72. The van der Waals surface area contributed by atoms with E-state index in [2.05, 4.69) is 11.9 Å². The van der Waals surface area contributed by atoms with Crippen LogP contribution >= 0.6 is 0 Å². The molecule has 1 aromatic rings. The van der Waals surface area contributed by atoms with Gasteiger partial charge in [-0.05, 0) is 37.3 Å². The minimum atomic E-state index is -0.514. The highest BCUT2D eigenvalue weighted by atomic mass is 16.5. The molecule has 1 unspecified atom stereocenters. The van der Waals surface area contributed by atoms with Crippen molar-refractivity contribution in [2.24, 2.45) is 5.92 Å². The Labute approximate surface area is 175 Å². The van der Waals surface area contributed by atoms with Crippen LogP contribution in [0.1, 0.15) is 92.6 Å². The van der Waals surface area contributed by atoms with Crippen LogP contribution in [0.3, 0.4) is 0 Å². The molecule has 1 atom stereocenters. The number of esters is 2. The number of carbonyl (C=O) groups is 2. The Morgan fingerprint density at radius 1 is 0.828 bits per heavy atom. The Morgan fingerprint density at radius 2 is 1.45 bits per heavy atom. The molecule has 1 aromatic heterocycles. The number of aromatic nitrogens is 1. The van der Waals surface area contributed by atoms with E-state index in [1.165, 1.54) is 25.7 Å². The molecule has 0 bridgehead atoms. The molecule has 0 amide bonds. The average molecular weight is 408 g/mol. The third-order valence-corrected chi connectivity index (χ3v) is 4.85. The molecule has 0 saturated heterocycles. The first-order valence-corrected chi connectivity index (χ1v) is 10.9. The predicted octanol–water partition coefficient (Wildman–Crippen LogP) is 5.21. The van der Waals surface area contributed by atoms with Crippen LogP contribution in [0.2, 0.25) is 0 Å². The van der Waals surface area contributed by atoms with E-state index in [1.807, 2.05) is 6.92 Å². The topological polar surface area (TPSA) is 74.7 Å². The van der Waals surface area contributed by atoms with Crippen LogP contribution in [0.15, 0.2) is 18.2 Å². The molecular weight excluding hydrogens is 370 g/mol. The largest absolute Gasteiger partial charge is 0.461 e. The summed E-state index contributed by atoms with van der Waals surface area (Å²) in [5.41, 5.74) is 0.260. The molecule has 1 heterocycles. The van der Waals surface area contributed by atoms with Crippen molar-refractivity contribution < 1.29 is 23.8 Å². The number of pyridine rings is 1. The van der Waals surface area contributed by atoms with Gasteiger partial charge >= 0.3 is 11.9 Å². The zero-order valence-corrected chi connectivity index (χ0v) is 18.3. The molecule has 0 spiro atoms. The standard InChI is InChI=1S/C23H37NO5/c1-4-6-8-9-11-19(14-17-27-3)15-18-29-23(26)21-13-10-12-20(24-21)22(25)28-16-7-5-2/h10,12-13,19H,4-9,11,14-18H2,1-3H3. The fourth-order valence-electron chi connectivity index (χ4n) is 3.01. The zero-order valence-electron chi connectivity index (χ0n) is 18.3. The van der Waals surface area contributed by atoms with Gasteiger partial charge in [-0.3, -0.25) is 0 Å². The number of hydrogen-bond donors (Lipinski definition) is 0. The Bertz CT molecular complexity index is 590. The summed E-state index contributed by atoms with van der Waals surface area (Å²) in [7, 11) is 1.71. The van der Waals surface area contributed by atoms with Gasteiger partial charge in [0.1, 0.15) is 11.4 Å². The van der Waals surface area contributed by atoms with E-state index in [0.29, 0.717) is 19.1 Å². The summed E-state index contributed by atoms with van der Waals surface area (Å²) in [5.74, 6) is -0.545. The van der Waals surface area contributed by atoms with Crippen LogP contribution in [-0.4, -0.2) is 43.9 Å². The minimum Gasteiger partial charge on any atom is -0.461 e. The van der Waals surface area contributed by atoms with E-state index < -0.39 is 11.9 Å². The van der Waals surface area contributed by atoms with Crippen molar-refractivity contribution >= 4 is 11.9 Å². The van der Waals surface area contributed by atoms with Gasteiger partial charge in [0.05, 0.1) is 13.2 Å². The van der Waals surface area contributed by atoms with Gasteiger partial charge in [-0.2, -0.15) is 0 Å². The van der Waals surface area contributed by atoms with Gasteiger partial charge in [-0.15, -0.1) is 0 Å². The Morgan fingerprint density at radius 3 is 2.07 bits per heavy atom. The second-order valence-electron chi connectivity index (χ2n) is 7.32. The van der Waals surface area contributed by atoms with Crippen LogP contribution in [0.4, 0.5) is 0 Å². The number of nitrogens with zero attached hydrogens (tertiary/aromatic N) is 1. The van der Waals surface area contributed by atoms with Crippen molar-refractivity contribution in [2.75, 3.05) is 26.9 Å². The first kappa shape index (κ1) is 25.1.